The topological polar surface area (TPSA) is 73.9 Å². The number of hydrogen-bond acceptors (Lipinski definition) is 5. The quantitative estimate of drug-likeness (QED) is 0.395. The molecule has 2 amide bonds. The zero-order valence-corrected chi connectivity index (χ0v) is 18.5. The number of benzene rings is 2. The van der Waals surface area contributed by atoms with Gasteiger partial charge in [0.25, 0.3) is 5.91 Å². The summed E-state index contributed by atoms with van der Waals surface area (Å²) in [5.41, 5.74) is -0.271. The van der Waals surface area contributed by atoms with Crippen LogP contribution in [0.2, 0.25) is 0 Å². The first kappa shape index (κ1) is 24.2. The van der Waals surface area contributed by atoms with Crippen LogP contribution in [0, 0.1) is 23.3 Å². The zero-order chi connectivity index (χ0) is 24.3. The van der Waals surface area contributed by atoms with Crippen LogP contribution in [-0.2, 0) is 4.79 Å². The van der Waals surface area contributed by atoms with Crippen LogP contribution < -0.4 is 20.3 Å². The fourth-order valence-corrected chi connectivity index (χ4v) is 3.63. The number of carbonyl (C=O) groups is 2. The van der Waals surface area contributed by atoms with Gasteiger partial charge in [0.05, 0.1) is 18.5 Å². The second-order valence-corrected chi connectivity index (χ2v) is 7.49. The standard InChI is InChI=1S/C21H20F4N4O3S/c1-11(30)28-7-9-29(10-8-28)13-6-4-3-5-12(13)26-21(33)27-20(31)14-15(22)17(24)19(32-2)18(25)16(14)23/h3-6H,7-10H2,1-2H3,(H2,26,27,31,33). The lowest BCUT2D eigenvalue weighted by molar-refractivity contribution is -0.129. The Hall–Kier alpha value is -3.41. The first-order chi connectivity index (χ1) is 15.6. The summed E-state index contributed by atoms with van der Waals surface area (Å²) in [5, 5.41) is 4.44. The number of carbonyl (C=O) groups excluding carboxylic acids is 2. The van der Waals surface area contributed by atoms with Crippen molar-refractivity contribution in [2.24, 2.45) is 0 Å². The van der Waals surface area contributed by atoms with E-state index in [1.165, 1.54) is 6.92 Å². The second-order valence-electron chi connectivity index (χ2n) is 7.08. The molecule has 2 aromatic carbocycles. The molecular formula is C21H20F4N4O3S. The van der Waals surface area contributed by atoms with Crippen LogP contribution in [-0.4, -0.2) is 55.1 Å². The number of para-hydroxylation sites is 2. The van der Waals surface area contributed by atoms with Crippen LogP contribution in [0.25, 0.3) is 0 Å². The Balaban J connectivity index is 1.75. The van der Waals surface area contributed by atoms with Gasteiger partial charge >= 0.3 is 0 Å². The van der Waals surface area contributed by atoms with Gasteiger partial charge in [-0.3, -0.25) is 14.9 Å². The molecule has 1 saturated heterocycles. The molecule has 2 aromatic rings. The molecule has 0 atom stereocenters. The molecule has 0 unspecified atom stereocenters. The number of methoxy groups -OCH3 is 1. The largest absolute Gasteiger partial charge is 0.491 e. The number of hydrogen-bond donors (Lipinski definition) is 2. The summed E-state index contributed by atoms with van der Waals surface area (Å²) in [5.74, 6) is -10.3. The number of halogens is 4. The Kier molecular flexibility index (Phi) is 7.36. The average Bonchev–Trinajstić information content (AvgIpc) is 2.78. The Morgan fingerprint density at radius 3 is 2.09 bits per heavy atom. The van der Waals surface area contributed by atoms with Crippen molar-refractivity contribution in [3.63, 3.8) is 0 Å². The molecule has 0 bridgehead atoms. The molecule has 33 heavy (non-hydrogen) atoms. The smallest absolute Gasteiger partial charge is 0.263 e. The van der Waals surface area contributed by atoms with Crippen molar-refractivity contribution in [2.45, 2.75) is 6.92 Å². The maximum absolute atomic E-state index is 14.2. The van der Waals surface area contributed by atoms with E-state index in [1.54, 1.807) is 29.2 Å². The number of piperazine rings is 1. The lowest BCUT2D eigenvalue weighted by Gasteiger charge is -2.36. The van der Waals surface area contributed by atoms with Crippen molar-refractivity contribution in [3.05, 3.63) is 53.1 Å². The minimum absolute atomic E-state index is 0.0178. The maximum Gasteiger partial charge on any atom is 0.263 e. The monoisotopic (exact) mass is 484 g/mol. The van der Waals surface area contributed by atoms with Crippen molar-refractivity contribution in [1.29, 1.82) is 0 Å². The minimum Gasteiger partial charge on any atom is -0.491 e. The highest BCUT2D eigenvalue weighted by atomic mass is 32.1. The van der Waals surface area contributed by atoms with Crippen molar-refractivity contribution in [1.82, 2.24) is 10.2 Å². The third-order valence-electron chi connectivity index (χ3n) is 5.10. The van der Waals surface area contributed by atoms with Gasteiger partial charge in [-0.25, -0.2) is 8.78 Å². The van der Waals surface area contributed by atoms with Gasteiger partial charge in [-0.1, -0.05) is 12.1 Å². The molecule has 1 aliphatic heterocycles. The zero-order valence-electron chi connectivity index (χ0n) is 17.7. The number of nitrogens with one attached hydrogen (secondary N) is 2. The van der Waals surface area contributed by atoms with Gasteiger partial charge in [0.15, 0.2) is 22.5 Å². The lowest BCUT2D eigenvalue weighted by Crippen LogP contribution is -2.48. The predicted octanol–water partition coefficient (Wildman–Crippen LogP) is 3.05. The molecule has 0 aromatic heterocycles. The van der Waals surface area contributed by atoms with Gasteiger partial charge in [0, 0.05) is 33.1 Å². The summed E-state index contributed by atoms with van der Waals surface area (Å²) in [4.78, 5) is 27.6. The molecule has 0 saturated carbocycles. The summed E-state index contributed by atoms with van der Waals surface area (Å²) in [6, 6.07) is 6.95. The molecule has 0 radical (unpaired) electrons. The van der Waals surface area contributed by atoms with E-state index in [1.807, 2.05) is 10.2 Å². The van der Waals surface area contributed by atoms with E-state index in [9.17, 15) is 27.2 Å². The van der Waals surface area contributed by atoms with Crippen LogP contribution >= 0.6 is 12.2 Å². The molecule has 7 nitrogen and oxygen atoms in total. The third kappa shape index (κ3) is 5.00. The summed E-state index contributed by atoms with van der Waals surface area (Å²) in [7, 11) is 0.830. The van der Waals surface area contributed by atoms with Crippen LogP contribution in [0.4, 0.5) is 28.9 Å². The van der Waals surface area contributed by atoms with Crippen LogP contribution in [0.1, 0.15) is 17.3 Å². The van der Waals surface area contributed by atoms with E-state index in [0.717, 1.165) is 12.8 Å². The highest BCUT2D eigenvalue weighted by molar-refractivity contribution is 7.80. The predicted molar refractivity (Wildman–Crippen MR) is 117 cm³/mol. The van der Waals surface area contributed by atoms with E-state index in [0.29, 0.717) is 31.9 Å². The Bertz CT molecular complexity index is 1080. The summed E-state index contributed by atoms with van der Waals surface area (Å²) in [6.07, 6.45) is 0. The number of amides is 2. The highest BCUT2D eigenvalue weighted by Crippen LogP contribution is 2.30. The second kappa shape index (κ2) is 10.0. The fraction of sp³-hybridized carbons (Fsp3) is 0.286. The van der Waals surface area contributed by atoms with Crippen molar-refractivity contribution in [3.8, 4) is 5.75 Å². The van der Waals surface area contributed by atoms with Gasteiger partial charge in [0.1, 0.15) is 5.56 Å². The molecule has 3 rings (SSSR count). The Morgan fingerprint density at radius 2 is 1.55 bits per heavy atom. The van der Waals surface area contributed by atoms with E-state index >= 15 is 0 Å². The van der Waals surface area contributed by atoms with Crippen LogP contribution in [0.3, 0.4) is 0 Å². The van der Waals surface area contributed by atoms with Crippen LogP contribution in [0.15, 0.2) is 24.3 Å². The first-order valence-electron chi connectivity index (χ1n) is 9.77. The van der Waals surface area contributed by atoms with Gasteiger partial charge in [-0.2, -0.15) is 8.78 Å². The van der Waals surface area contributed by atoms with E-state index in [4.69, 9.17) is 12.2 Å². The van der Waals surface area contributed by atoms with Crippen LogP contribution in [0.5, 0.6) is 5.75 Å². The van der Waals surface area contributed by atoms with Gasteiger partial charge in [-0.05, 0) is 24.4 Å². The molecule has 1 fully saturated rings. The molecule has 176 valence electrons. The highest BCUT2D eigenvalue weighted by Gasteiger charge is 2.30. The molecule has 0 aliphatic carbocycles. The van der Waals surface area contributed by atoms with E-state index < -0.39 is 40.5 Å². The number of anilines is 2. The Morgan fingerprint density at radius 1 is 0.970 bits per heavy atom. The van der Waals surface area contributed by atoms with E-state index in [2.05, 4.69) is 10.1 Å². The molecule has 0 spiro atoms. The fourth-order valence-electron chi connectivity index (χ4n) is 3.43. The molecule has 2 N–H and O–H groups in total. The third-order valence-corrected chi connectivity index (χ3v) is 5.30. The van der Waals surface area contributed by atoms with E-state index in [-0.39, 0.29) is 11.0 Å². The van der Waals surface area contributed by atoms with Gasteiger partial charge in [-0.15, -0.1) is 0 Å². The molecular weight excluding hydrogens is 464 g/mol. The van der Waals surface area contributed by atoms with Crippen molar-refractivity contribution >= 4 is 40.5 Å². The molecule has 1 aliphatic rings. The molecule has 1 heterocycles. The van der Waals surface area contributed by atoms with Gasteiger partial charge < -0.3 is 19.9 Å². The lowest BCUT2D eigenvalue weighted by atomic mass is 10.1. The van der Waals surface area contributed by atoms with Crippen molar-refractivity contribution < 1.29 is 31.9 Å². The number of ether oxygens (including phenoxy) is 1. The average molecular weight is 484 g/mol. The summed E-state index contributed by atoms with van der Waals surface area (Å²) < 4.78 is 60.5. The summed E-state index contributed by atoms with van der Waals surface area (Å²) >= 11 is 5.06. The number of rotatable bonds is 4. The maximum atomic E-state index is 14.2. The molecule has 12 heteroatoms. The van der Waals surface area contributed by atoms with Gasteiger partial charge in [0.2, 0.25) is 17.5 Å². The SMILES string of the molecule is COc1c(F)c(F)c(C(=O)NC(=S)Nc2ccccc2N2CCN(C(C)=O)CC2)c(F)c1F. The number of thiocarbonyl (C=S) groups is 1. The number of nitrogens with zero attached hydrogens (tertiary/aromatic N) is 2. The minimum atomic E-state index is -1.91. The Labute approximate surface area is 192 Å². The summed E-state index contributed by atoms with van der Waals surface area (Å²) in [6.45, 7) is 3.66. The van der Waals surface area contributed by atoms with Crippen molar-refractivity contribution in [2.75, 3.05) is 43.5 Å². The first-order valence-corrected chi connectivity index (χ1v) is 10.2. The normalized spacial score (nSPS) is 13.5.